The SMILES string of the molecule is Cc1nc(SCC(C#N)(NC(C)C)C2CC2)oc1C. The van der Waals surface area contributed by atoms with Crippen LogP contribution in [0.5, 0.6) is 0 Å². The van der Waals surface area contributed by atoms with Gasteiger partial charge in [0.05, 0.1) is 11.8 Å². The van der Waals surface area contributed by atoms with Crippen molar-refractivity contribution in [1.82, 2.24) is 10.3 Å². The predicted octanol–water partition coefficient (Wildman–Crippen LogP) is 3.05. The molecule has 1 unspecified atom stereocenters. The van der Waals surface area contributed by atoms with Gasteiger partial charge in [-0.2, -0.15) is 5.26 Å². The van der Waals surface area contributed by atoms with Gasteiger partial charge in [0.25, 0.3) is 5.22 Å². The highest BCUT2D eigenvalue weighted by molar-refractivity contribution is 7.99. The van der Waals surface area contributed by atoms with Crippen LogP contribution in [0, 0.1) is 31.1 Å². The molecule has 1 saturated carbocycles. The van der Waals surface area contributed by atoms with Gasteiger partial charge >= 0.3 is 0 Å². The number of oxazole rings is 1. The molecule has 0 amide bonds. The van der Waals surface area contributed by atoms with E-state index < -0.39 is 5.54 Å². The number of thioether (sulfide) groups is 1. The minimum atomic E-state index is -0.449. The molecule has 1 N–H and O–H groups in total. The molecule has 0 saturated heterocycles. The summed E-state index contributed by atoms with van der Waals surface area (Å²) in [5.74, 6) is 2.00. The molecule has 1 aliphatic carbocycles. The Labute approximate surface area is 119 Å². The van der Waals surface area contributed by atoms with Crippen molar-refractivity contribution in [3.8, 4) is 6.07 Å². The van der Waals surface area contributed by atoms with Gasteiger partial charge in [-0.3, -0.25) is 5.32 Å². The molecule has 1 heterocycles. The third-order valence-electron chi connectivity index (χ3n) is 3.45. The third-order valence-corrected chi connectivity index (χ3v) is 4.47. The lowest BCUT2D eigenvalue weighted by Crippen LogP contribution is -2.51. The van der Waals surface area contributed by atoms with Crippen LogP contribution in [0.3, 0.4) is 0 Å². The summed E-state index contributed by atoms with van der Waals surface area (Å²) >= 11 is 1.53. The first-order valence-electron chi connectivity index (χ1n) is 6.72. The zero-order valence-corrected chi connectivity index (χ0v) is 12.8. The molecule has 0 aromatic carbocycles. The van der Waals surface area contributed by atoms with Crippen molar-refractivity contribution >= 4 is 11.8 Å². The van der Waals surface area contributed by atoms with Crippen molar-refractivity contribution in [3.63, 3.8) is 0 Å². The van der Waals surface area contributed by atoms with E-state index in [0.717, 1.165) is 24.3 Å². The van der Waals surface area contributed by atoms with Crippen LogP contribution < -0.4 is 5.32 Å². The number of rotatable bonds is 6. The van der Waals surface area contributed by atoms with Crippen LogP contribution in [0.4, 0.5) is 0 Å². The highest BCUT2D eigenvalue weighted by atomic mass is 32.2. The Morgan fingerprint density at radius 1 is 1.53 bits per heavy atom. The molecule has 1 fully saturated rings. The van der Waals surface area contributed by atoms with Gasteiger partial charge in [0.2, 0.25) is 0 Å². The second-order valence-electron chi connectivity index (χ2n) is 5.57. The van der Waals surface area contributed by atoms with Gasteiger partial charge in [-0.25, -0.2) is 4.98 Å². The predicted molar refractivity (Wildman–Crippen MR) is 76.0 cm³/mol. The summed E-state index contributed by atoms with van der Waals surface area (Å²) in [7, 11) is 0. The minimum Gasteiger partial charge on any atom is -0.437 e. The van der Waals surface area contributed by atoms with E-state index in [9.17, 15) is 5.26 Å². The monoisotopic (exact) mass is 279 g/mol. The molecule has 19 heavy (non-hydrogen) atoms. The lowest BCUT2D eigenvalue weighted by molar-refractivity contribution is 0.368. The van der Waals surface area contributed by atoms with E-state index in [1.807, 2.05) is 13.8 Å². The summed E-state index contributed by atoms with van der Waals surface area (Å²) < 4.78 is 5.57. The van der Waals surface area contributed by atoms with E-state index in [1.165, 1.54) is 11.8 Å². The van der Waals surface area contributed by atoms with Crippen molar-refractivity contribution in [1.29, 1.82) is 5.26 Å². The summed E-state index contributed by atoms with van der Waals surface area (Å²) in [5, 5.41) is 13.7. The van der Waals surface area contributed by atoms with E-state index in [4.69, 9.17) is 4.42 Å². The molecule has 0 aliphatic heterocycles. The lowest BCUT2D eigenvalue weighted by Gasteiger charge is -2.29. The maximum Gasteiger partial charge on any atom is 0.256 e. The molecule has 5 heteroatoms. The summed E-state index contributed by atoms with van der Waals surface area (Å²) in [6.45, 7) is 8.02. The van der Waals surface area contributed by atoms with Gasteiger partial charge < -0.3 is 4.42 Å². The highest BCUT2D eigenvalue weighted by Gasteiger charge is 2.46. The smallest absolute Gasteiger partial charge is 0.256 e. The van der Waals surface area contributed by atoms with Gasteiger partial charge in [-0.1, -0.05) is 11.8 Å². The average molecular weight is 279 g/mol. The van der Waals surface area contributed by atoms with Crippen LogP contribution >= 0.6 is 11.8 Å². The lowest BCUT2D eigenvalue weighted by atomic mass is 9.96. The van der Waals surface area contributed by atoms with E-state index in [2.05, 4.69) is 30.2 Å². The molecule has 104 valence electrons. The van der Waals surface area contributed by atoms with E-state index >= 15 is 0 Å². The molecule has 1 atom stereocenters. The van der Waals surface area contributed by atoms with Crippen molar-refractivity contribution in [3.05, 3.63) is 11.5 Å². The van der Waals surface area contributed by atoms with Gasteiger partial charge in [0.15, 0.2) is 0 Å². The molecule has 1 aliphatic rings. The second kappa shape index (κ2) is 5.56. The molecule has 2 rings (SSSR count). The highest BCUT2D eigenvalue weighted by Crippen LogP contribution is 2.42. The number of hydrogen-bond donors (Lipinski definition) is 1. The summed E-state index contributed by atoms with van der Waals surface area (Å²) in [5.41, 5.74) is 0.475. The molecular formula is C14H21N3OS. The third kappa shape index (κ3) is 3.31. The number of aromatic nitrogens is 1. The maximum absolute atomic E-state index is 9.60. The summed E-state index contributed by atoms with van der Waals surface area (Å²) in [6.07, 6.45) is 2.27. The van der Waals surface area contributed by atoms with Gasteiger partial charge in [0, 0.05) is 11.8 Å². The van der Waals surface area contributed by atoms with E-state index in [0.29, 0.717) is 22.9 Å². The second-order valence-corrected chi connectivity index (χ2v) is 6.49. The van der Waals surface area contributed by atoms with Crippen LogP contribution in [-0.4, -0.2) is 22.3 Å². The number of nitrogens with one attached hydrogen (secondary N) is 1. The Kier molecular flexibility index (Phi) is 4.22. The topological polar surface area (TPSA) is 61.9 Å². The van der Waals surface area contributed by atoms with Crippen LogP contribution in [0.1, 0.15) is 38.1 Å². The molecule has 0 spiro atoms. The normalized spacial score (nSPS) is 18.3. The van der Waals surface area contributed by atoms with Gasteiger partial charge in [0.1, 0.15) is 11.3 Å². The Morgan fingerprint density at radius 3 is 2.63 bits per heavy atom. The molecule has 1 aromatic heterocycles. The van der Waals surface area contributed by atoms with Gasteiger partial charge in [-0.05, 0) is 46.5 Å². The molecule has 0 radical (unpaired) electrons. The Balaban J connectivity index is 2.06. The van der Waals surface area contributed by atoms with Crippen LogP contribution in [0.2, 0.25) is 0 Å². The zero-order valence-electron chi connectivity index (χ0n) is 12.0. The standard InChI is InChI=1S/C14H21N3OS/c1-9(2)17-14(7-15,12-5-6-12)8-19-13-16-10(3)11(4)18-13/h9,12,17H,5-6,8H2,1-4H3. The Hall–Kier alpha value is -0.990. The molecule has 0 bridgehead atoms. The maximum atomic E-state index is 9.60. The van der Waals surface area contributed by atoms with E-state index in [1.54, 1.807) is 0 Å². The molecule has 4 nitrogen and oxygen atoms in total. The van der Waals surface area contributed by atoms with E-state index in [-0.39, 0.29) is 0 Å². The van der Waals surface area contributed by atoms with Crippen LogP contribution in [0.25, 0.3) is 0 Å². The summed E-state index contributed by atoms with van der Waals surface area (Å²) in [4.78, 5) is 4.37. The van der Waals surface area contributed by atoms with Crippen molar-refractivity contribution in [2.75, 3.05) is 5.75 Å². The van der Waals surface area contributed by atoms with Gasteiger partial charge in [-0.15, -0.1) is 0 Å². The average Bonchev–Trinajstić information content (AvgIpc) is 3.13. The van der Waals surface area contributed by atoms with Crippen molar-refractivity contribution in [2.24, 2.45) is 5.92 Å². The summed E-state index contributed by atoms with van der Waals surface area (Å²) in [6, 6.07) is 2.80. The number of aryl methyl sites for hydroxylation is 2. The van der Waals surface area contributed by atoms with Crippen LogP contribution in [-0.2, 0) is 0 Å². The fourth-order valence-corrected chi connectivity index (χ4v) is 3.33. The quantitative estimate of drug-likeness (QED) is 0.811. The Morgan fingerprint density at radius 2 is 2.21 bits per heavy atom. The number of nitrogens with zero attached hydrogens (tertiary/aromatic N) is 2. The molecular weight excluding hydrogens is 258 g/mol. The molecule has 1 aromatic rings. The fraction of sp³-hybridized carbons (Fsp3) is 0.714. The first-order chi connectivity index (χ1) is 8.97. The van der Waals surface area contributed by atoms with Crippen molar-refractivity contribution < 1.29 is 4.42 Å². The number of nitriles is 1. The van der Waals surface area contributed by atoms with Crippen LogP contribution in [0.15, 0.2) is 9.64 Å². The Bertz CT molecular complexity index is 468. The number of hydrogen-bond acceptors (Lipinski definition) is 5. The minimum absolute atomic E-state index is 0.300. The zero-order chi connectivity index (χ0) is 14.0. The fourth-order valence-electron chi connectivity index (χ4n) is 2.21. The first kappa shape index (κ1) is 14.4. The first-order valence-corrected chi connectivity index (χ1v) is 7.71. The largest absolute Gasteiger partial charge is 0.437 e. The van der Waals surface area contributed by atoms with Crippen molar-refractivity contribution in [2.45, 2.75) is 57.3 Å².